The van der Waals surface area contributed by atoms with Crippen molar-refractivity contribution < 1.29 is 10.2 Å². The fraction of sp³-hybridized carbons (Fsp3) is 0.833. The second-order valence-electron chi connectivity index (χ2n) is 4.28. The molecule has 2 nitrogen and oxygen atoms in total. The minimum atomic E-state index is -0.734. The number of hydrogen-bond donors (Lipinski definition) is 2. The first-order valence-electron chi connectivity index (χ1n) is 5.53. The van der Waals surface area contributed by atoms with Crippen LogP contribution in [0.2, 0.25) is 0 Å². The molecule has 0 spiro atoms. The van der Waals surface area contributed by atoms with Crippen LogP contribution in [0.15, 0.2) is 0 Å². The molecule has 1 aliphatic rings. The van der Waals surface area contributed by atoms with Crippen molar-refractivity contribution >= 4 is 0 Å². The van der Waals surface area contributed by atoms with E-state index < -0.39 is 12.2 Å². The number of aliphatic hydroxyl groups excluding tert-OH is 2. The van der Waals surface area contributed by atoms with Crippen LogP contribution in [0.1, 0.15) is 44.9 Å². The van der Waals surface area contributed by atoms with Crippen LogP contribution in [-0.4, -0.2) is 22.4 Å². The Bertz CT molecular complexity index is 189. The fourth-order valence-corrected chi connectivity index (χ4v) is 2.18. The molecule has 1 saturated carbocycles. The molecular weight excluding hydrogens is 176 g/mol. The summed E-state index contributed by atoms with van der Waals surface area (Å²) in [4.78, 5) is 0. The van der Waals surface area contributed by atoms with E-state index in [1.54, 1.807) is 0 Å². The average Bonchev–Trinajstić information content (AvgIpc) is 2.19. The van der Waals surface area contributed by atoms with Crippen molar-refractivity contribution in [3.8, 4) is 12.3 Å². The van der Waals surface area contributed by atoms with Crippen LogP contribution in [-0.2, 0) is 0 Å². The maximum absolute atomic E-state index is 9.66. The zero-order valence-electron chi connectivity index (χ0n) is 8.65. The van der Waals surface area contributed by atoms with Crippen molar-refractivity contribution in [2.75, 3.05) is 0 Å². The molecule has 1 rings (SSSR count). The predicted octanol–water partition coefficient (Wildman–Crippen LogP) is 1.70. The minimum Gasteiger partial charge on any atom is -0.390 e. The Morgan fingerprint density at radius 1 is 1.14 bits per heavy atom. The van der Waals surface area contributed by atoms with Crippen LogP contribution in [0.3, 0.4) is 0 Å². The molecule has 1 fully saturated rings. The summed E-state index contributed by atoms with van der Waals surface area (Å²) >= 11 is 0. The lowest BCUT2D eigenvalue weighted by molar-refractivity contribution is 0.00481. The van der Waals surface area contributed by atoms with Gasteiger partial charge in [-0.05, 0) is 12.3 Å². The van der Waals surface area contributed by atoms with Gasteiger partial charge in [0.05, 0.1) is 12.2 Å². The van der Waals surface area contributed by atoms with Gasteiger partial charge < -0.3 is 10.2 Å². The molecule has 0 amide bonds. The molecule has 0 aromatic rings. The summed E-state index contributed by atoms with van der Waals surface area (Å²) in [6.45, 7) is 0. The van der Waals surface area contributed by atoms with Crippen molar-refractivity contribution in [3.05, 3.63) is 0 Å². The van der Waals surface area contributed by atoms with Crippen molar-refractivity contribution in [3.63, 3.8) is 0 Å². The molecule has 0 unspecified atom stereocenters. The van der Waals surface area contributed by atoms with Crippen LogP contribution < -0.4 is 0 Å². The van der Waals surface area contributed by atoms with E-state index in [0.717, 1.165) is 0 Å². The van der Waals surface area contributed by atoms with Crippen molar-refractivity contribution in [2.24, 2.45) is 5.92 Å². The van der Waals surface area contributed by atoms with E-state index in [2.05, 4.69) is 5.92 Å². The zero-order valence-corrected chi connectivity index (χ0v) is 8.65. The maximum Gasteiger partial charge on any atom is 0.0907 e. The van der Waals surface area contributed by atoms with E-state index in [1.165, 1.54) is 32.1 Å². The third-order valence-electron chi connectivity index (χ3n) is 3.07. The third kappa shape index (κ3) is 3.69. The smallest absolute Gasteiger partial charge is 0.0907 e. The SMILES string of the molecule is C#CC[C@@H](O)[C@H](O)CC1CCCCC1. The Kier molecular flexibility index (Phi) is 5.00. The van der Waals surface area contributed by atoms with Gasteiger partial charge in [0.15, 0.2) is 0 Å². The zero-order chi connectivity index (χ0) is 10.4. The molecule has 0 radical (unpaired) electrons. The van der Waals surface area contributed by atoms with E-state index in [-0.39, 0.29) is 6.42 Å². The topological polar surface area (TPSA) is 40.5 Å². The summed E-state index contributed by atoms with van der Waals surface area (Å²) in [6, 6.07) is 0. The highest BCUT2D eigenvalue weighted by Crippen LogP contribution is 2.28. The lowest BCUT2D eigenvalue weighted by atomic mass is 9.84. The summed E-state index contributed by atoms with van der Waals surface area (Å²) in [6.07, 6.45) is 10.9. The van der Waals surface area contributed by atoms with Gasteiger partial charge in [-0.15, -0.1) is 12.3 Å². The standard InChI is InChI=1S/C12H20O2/c1-2-6-11(13)12(14)9-10-7-4-3-5-8-10/h1,10-14H,3-9H2/t11-,12-/m1/s1. The van der Waals surface area contributed by atoms with E-state index in [0.29, 0.717) is 12.3 Å². The third-order valence-corrected chi connectivity index (χ3v) is 3.07. The van der Waals surface area contributed by atoms with E-state index >= 15 is 0 Å². The monoisotopic (exact) mass is 196 g/mol. The Hall–Kier alpha value is -0.520. The summed E-state index contributed by atoms with van der Waals surface area (Å²) in [5.74, 6) is 2.96. The van der Waals surface area contributed by atoms with E-state index in [4.69, 9.17) is 6.42 Å². The van der Waals surface area contributed by atoms with Gasteiger partial charge in [0.1, 0.15) is 0 Å². The molecule has 2 heteroatoms. The summed E-state index contributed by atoms with van der Waals surface area (Å²) in [5, 5.41) is 19.1. The Labute approximate surface area is 86.3 Å². The number of terminal acetylenes is 1. The van der Waals surface area contributed by atoms with Crippen LogP contribution >= 0.6 is 0 Å². The molecule has 1 aliphatic carbocycles. The molecule has 2 atom stereocenters. The molecule has 0 saturated heterocycles. The highest BCUT2D eigenvalue weighted by molar-refractivity contribution is 4.89. The number of aliphatic hydroxyl groups is 2. The van der Waals surface area contributed by atoms with Gasteiger partial charge in [0.2, 0.25) is 0 Å². The van der Waals surface area contributed by atoms with Gasteiger partial charge in [-0.1, -0.05) is 32.1 Å². The summed E-state index contributed by atoms with van der Waals surface area (Å²) in [5.41, 5.74) is 0. The van der Waals surface area contributed by atoms with Crippen LogP contribution in [0.4, 0.5) is 0 Å². The van der Waals surface area contributed by atoms with Gasteiger partial charge in [0, 0.05) is 6.42 Å². The summed E-state index contributed by atoms with van der Waals surface area (Å²) < 4.78 is 0. The van der Waals surface area contributed by atoms with Crippen LogP contribution in [0, 0.1) is 18.3 Å². The van der Waals surface area contributed by atoms with Crippen molar-refractivity contribution in [1.82, 2.24) is 0 Å². The van der Waals surface area contributed by atoms with E-state index in [1.807, 2.05) is 0 Å². The maximum atomic E-state index is 9.66. The molecule has 0 heterocycles. The molecule has 0 aromatic heterocycles. The largest absolute Gasteiger partial charge is 0.390 e. The van der Waals surface area contributed by atoms with Gasteiger partial charge in [-0.3, -0.25) is 0 Å². The van der Waals surface area contributed by atoms with E-state index in [9.17, 15) is 10.2 Å². The fourth-order valence-electron chi connectivity index (χ4n) is 2.18. The second kappa shape index (κ2) is 6.06. The second-order valence-corrected chi connectivity index (χ2v) is 4.28. The highest BCUT2D eigenvalue weighted by Gasteiger charge is 2.21. The Morgan fingerprint density at radius 2 is 1.79 bits per heavy atom. The number of rotatable bonds is 4. The predicted molar refractivity (Wildman–Crippen MR) is 56.7 cm³/mol. The molecule has 14 heavy (non-hydrogen) atoms. The van der Waals surface area contributed by atoms with Crippen molar-refractivity contribution in [2.45, 2.75) is 57.2 Å². The Morgan fingerprint density at radius 3 is 2.36 bits per heavy atom. The molecule has 0 bridgehead atoms. The normalized spacial score (nSPS) is 22.6. The molecular formula is C12H20O2. The number of hydrogen-bond acceptors (Lipinski definition) is 2. The van der Waals surface area contributed by atoms with Crippen molar-refractivity contribution in [1.29, 1.82) is 0 Å². The lowest BCUT2D eigenvalue weighted by Gasteiger charge is -2.25. The van der Waals surface area contributed by atoms with Gasteiger partial charge in [-0.2, -0.15) is 0 Å². The van der Waals surface area contributed by atoms with Gasteiger partial charge in [-0.25, -0.2) is 0 Å². The quantitative estimate of drug-likeness (QED) is 0.672. The molecule has 80 valence electrons. The molecule has 2 N–H and O–H groups in total. The van der Waals surface area contributed by atoms with Crippen LogP contribution in [0.5, 0.6) is 0 Å². The molecule has 0 aliphatic heterocycles. The summed E-state index contributed by atoms with van der Waals surface area (Å²) in [7, 11) is 0. The Balaban J connectivity index is 2.24. The van der Waals surface area contributed by atoms with Crippen LogP contribution in [0.25, 0.3) is 0 Å². The first-order chi connectivity index (χ1) is 6.74. The lowest BCUT2D eigenvalue weighted by Crippen LogP contribution is -2.28. The minimum absolute atomic E-state index is 0.258. The average molecular weight is 196 g/mol. The van der Waals surface area contributed by atoms with Gasteiger partial charge >= 0.3 is 0 Å². The first-order valence-corrected chi connectivity index (χ1v) is 5.53. The molecule has 0 aromatic carbocycles. The first kappa shape index (κ1) is 11.6. The van der Waals surface area contributed by atoms with Gasteiger partial charge in [0.25, 0.3) is 0 Å². The highest BCUT2D eigenvalue weighted by atomic mass is 16.3.